The van der Waals surface area contributed by atoms with Crippen LogP contribution in [-0.2, 0) is 17.8 Å². The van der Waals surface area contributed by atoms with Crippen LogP contribution in [0.4, 0.5) is 23.3 Å². The molecule has 0 amide bonds. The molecule has 8 aromatic rings. The first-order valence-electron chi connectivity index (χ1n) is 19.5. The molecule has 2 fully saturated rings. The van der Waals surface area contributed by atoms with Gasteiger partial charge >= 0.3 is 0 Å². The lowest BCUT2D eigenvalue weighted by atomic mass is 10.2. The molecule has 290 valence electrons. The second-order valence-electron chi connectivity index (χ2n) is 14.8. The molecule has 0 radical (unpaired) electrons. The minimum atomic E-state index is 0.601. The lowest BCUT2D eigenvalue weighted by Gasteiger charge is -2.26. The molecule has 0 saturated carbocycles. The number of morpholine rings is 1. The predicted molar refractivity (Wildman–Crippen MR) is 234 cm³/mol. The van der Waals surface area contributed by atoms with Crippen molar-refractivity contribution in [3.63, 3.8) is 0 Å². The highest BCUT2D eigenvalue weighted by Crippen LogP contribution is 2.34. The Morgan fingerprint density at radius 3 is 1.58 bits per heavy atom. The number of benzene rings is 2. The molecule has 10 rings (SSSR count). The summed E-state index contributed by atoms with van der Waals surface area (Å²) < 4.78 is 5.45. The summed E-state index contributed by atoms with van der Waals surface area (Å²) in [6, 6.07) is 25.5. The van der Waals surface area contributed by atoms with Crippen molar-refractivity contribution in [2.24, 2.45) is 0 Å². The fourth-order valence-corrected chi connectivity index (χ4v) is 9.25. The number of likely N-dealkylation sites (tertiary alicyclic amines) is 1. The van der Waals surface area contributed by atoms with Crippen LogP contribution < -0.4 is 10.6 Å². The summed E-state index contributed by atoms with van der Waals surface area (Å²) in [5, 5.41) is 13.2. The standard InChI is InChI=1S/C22H23N5OS.C22H23N5S/c1-15-11-19(29-14-15)20-18-5-6-23-21(18)26-22(25-20)24-17-4-2-3-16(12-17)13-27-7-9-28-10-8-27;1-15-11-19(28-14-15)20-18-7-8-23-21(18)26-22(25-20)24-17-6-4-5-16(12-17)13-27-9-2-3-10-27/h2-6,11-12,14H,7-10,13H2,1H3,(H2,23,24,25,26);4-8,11-12,14H,2-3,9-10,13H2,1H3,(H2,23,24,25,26). The highest BCUT2D eigenvalue weighted by Gasteiger charge is 2.16. The number of ether oxygens (including phenoxy) is 1. The van der Waals surface area contributed by atoms with Crippen LogP contribution in [-0.4, -0.2) is 79.1 Å². The molecule has 6 aromatic heterocycles. The van der Waals surface area contributed by atoms with E-state index >= 15 is 0 Å². The number of H-pyrrole nitrogens is 2. The van der Waals surface area contributed by atoms with Gasteiger partial charge in [-0.3, -0.25) is 9.80 Å². The first kappa shape index (κ1) is 37.2. The Bertz CT molecular complexity index is 2590. The van der Waals surface area contributed by atoms with Gasteiger partial charge in [0.05, 0.1) is 34.4 Å². The number of nitrogens with one attached hydrogen (secondary N) is 4. The number of anilines is 4. The van der Waals surface area contributed by atoms with E-state index in [0.717, 1.165) is 94.0 Å². The quantitative estimate of drug-likeness (QED) is 0.107. The second-order valence-corrected chi connectivity index (χ2v) is 16.6. The number of aromatic nitrogens is 6. The van der Waals surface area contributed by atoms with Crippen molar-refractivity contribution in [3.05, 3.63) is 118 Å². The minimum absolute atomic E-state index is 0.601. The zero-order valence-electron chi connectivity index (χ0n) is 32.2. The van der Waals surface area contributed by atoms with E-state index in [0.29, 0.717) is 11.9 Å². The van der Waals surface area contributed by atoms with Crippen LogP contribution in [0.2, 0.25) is 0 Å². The summed E-state index contributed by atoms with van der Waals surface area (Å²) in [4.78, 5) is 32.7. The van der Waals surface area contributed by atoms with E-state index in [1.54, 1.807) is 22.7 Å². The van der Waals surface area contributed by atoms with Crippen LogP contribution >= 0.6 is 22.7 Å². The first-order chi connectivity index (χ1) is 28.0. The SMILES string of the molecule is Cc1csc(-c2nc(Nc3cccc(CN4CCCC4)c3)nc3[nH]ccc23)c1.Cc1csc(-c2nc(Nc3cccc(CN4CCOCC4)c3)nc3[nH]ccc23)c1. The number of aromatic amines is 2. The number of fused-ring (bicyclic) bond motifs is 2. The van der Waals surface area contributed by atoms with Gasteiger partial charge in [0.15, 0.2) is 0 Å². The average molecular weight is 795 g/mol. The van der Waals surface area contributed by atoms with Crippen molar-refractivity contribution in [1.82, 2.24) is 39.7 Å². The summed E-state index contributed by atoms with van der Waals surface area (Å²) in [5.74, 6) is 1.22. The molecule has 8 heterocycles. The van der Waals surface area contributed by atoms with Gasteiger partial charge in [-0.1, -0.05) is 24.3 Å². The number of hydrogen-bond donors (Lipinski definition) is 4. The second kappa shape index (κ2) is 17.0. The third-order valence-corrected chi connectivity index (χ3v) is 12.3. The van der Waals surface area contributed by atoms with Crippen molar-refractivity contribution in [2.75, 3.05) is 50.0 Å². The zero-order chi connectivity index (χ0) is 38.6. The van der Waals surface area contributed by atoms with Crippen molar-refractivity contribution in [3.8, 4) is 21.1 Å². The van der Waals surface area contributed by atoms with Crippen LogP contribution in [0, 0.1) is 13.8 Å². The van der Waals surface area contributed by atoms with Crippen molar-refractivity contribution < 1.29 is 4.74 Å². The Morgan fingerprint density at radius 2 is 1.11 bits per heavy atom. The lowest BCUT2D eigenvalue weighted by Crippen LogP contribution is -2.35. The summed E-state index contributed by atoms with van der Waals surface area (Å²) in [6.45, 7) is 12.1. The summed E-state index contributed by atoms with van der Waals surface area (Å²) in [5.41, 5.74) is 10.7. The Hall–Kier alpha value is -5.44. The molecule has 2 saturated heterocycles. The van der Waals surface area contributed by atoms with Gasteiger partial charge in [-0.25, -0.2) is 9.97 Å². The number of rotatable bonds is 10. The number of nitrogens with zero attached hydrogens (tertiary/aromatic N) is 6. The zero-order valence-corrected chi connectivity index (χ0v) is 33.8. The minimum Gasteiger partial charge on any atom is -0.379 e. The van der Waals surface area contributed by atoms with Crippen LogP contribution in [0.3, 0.4) is 0 Å². The van der Waals surface area contributed by atoms with Crippen LogP contribution in [0.25, 0.3) is 43.2 Å². The number of hydrogen-bond acceptors (Lipinski definition) is 11. The van der Waals surface area contributed by atoms with Crippen molar-refractivity contribution in [2.45, 2.75) is 39.8 Å². The fourth-order valence-electron chi connectivity index (χ4n) is 7.45. The van der Waals surface area contributed by atoms with Crippen LogP contribution in [0.15, 0.2) is 96.0 Å². The average Bonchev–Trinajstić information content (AvgIpc) is 4.08. The molecule has 0 spiro atoms. The van der Waals surface area contributed by atoms with Gasteiger partial charge in [-0.05, 0) is 121 Å². The summed E-state index contributed by atoms with van der Waals surface area (Å²) in [7, 11) is 0. The lowest BCUT2D eigenvalue weighted by molar-refractivity contribution is 0.0342. The van der Waals surface area contributed by atoms with E-state index in [2.05, 4.69) is 126 Å². The highest BCUT2D eigenvalue weighted by molar-refractivity contribution is 7.14. The van der Waals surface area contributed by atoms with Gasteiger partial charge in [-0.15, -0.1) is 22.7 Å². The maximum absolute atomic E-state index is 5.45. The predicted octanol–water partition coefficient (Wildman–Crippen LogP) is 9.90. The molecule has 57 heavy (non-hydrogen) atoms. The fraction of sp³-hybridized carbons (Fsp3) is 0.273. The number of thiophene rings is 2. The molecule has 11 nitrogen and oxygen atoms in total. The van der Waals surface area contributed by atoms with Gasteiger partial charge in [0.1, 0.15) is 11.3 Å². The Kier molecular flexibility index (Phi) is 11.1. The van der Waals surface area contributed by atoms with Gasteiger partial charge in [0.25, 0.3) is 0 Å². The molecule has 0 unspecified atom stereocenters. The molecule has 2 aliphatic heterocycles. The summed E-state index contributed by atoms with van der Waals surface area (Å²) in [6.07, 6.45) is 6.46. The Balaban J connectivity index is 0.000000148. The topological polar surface area (TPSA) is 123 Å². The smallest absolute Gasteiger partial charge is 0.229 e. The molecule has 0 atom stereocenters. The Morgan fingerprint density at radius 1 is 0.614 bits per heavy atom. The van der Waals surface area contributed by atoms with Gasteiger partial charge in [0.2, 0.25) is 11.9 Å². The molecule has 13 heteroatoms. The van der Waals surface area contributed by atoms with Crippen molar-refractivity contribution >= 4 is 68.0 Å². The summed E-state index contributed by atoms with van der Waals surface area (Å²) >= 11 is 3.43. The molecule has 0 bridgehead atoms. The Labute approximate surface area is 340 Å². The van der Waals surface area contributed by atoms with Crippen LogP contribution in [0.5, 0.6) is 0 Å². The third kappa shape index (κ3) is 8.93. The molecule has 0 aliphatic carbocycles. The van der Waals surface area contributed by atoms with Crippen molar-refractivity contribution in [1.29, 1.82) is 0 Å². The first-order valence-corrected chi connectivity index (χ1v) is 21.3. The number of aryl methyl sites for hydroxylation is 2. The van der Waals surface area contributed by atoms with E-state index < -0.39 is 0 Å². The largest absolute Gasteiger partial charge is 0.379 e. The van der Waals surface area contributed by atoms with Gasteiger partial charge < -0.3 is 25.3 Å². The van der Waals surface area contributed by atoms with E-state index in [-0.39, 0.29) is 0 Å². The van der Waals surface area contributed by atoms with Gasteiger partial charge in [-0.2, -0.15) is 9.97 Å². The monoisotopic (exact) mass is 794 g/mol. The highest BCUT2D eigenvalue weighted by atomic mass is 32.1. The molecular formula is C44H46N10OS2. The maximum Gasteiger partial charge on any atom is 0.229 e. The molecular weight excluding hydrogens is 749 g/mol. The van der Waals surface area contributed by atoms with Crippen LogP contribution in [0.1, 0.15) is 35.1 Å². The molecule has 4 N–H and O–H groups in total. The van der Waals surface area contributed by atoms with E-state index in [4.69, 9.17) is 14.7 Å². The van der Waals surface area contributed by atoms with E-state index in [1.807, 2.05) is 24.5 Å². The molecule has 2 aromatic carbocycles. The van der Waals surface area contributed by atoms with E-state index in [1.165, 1.54) is 48.2 Å². The normalized spacial score (nSPS) is 14.9. The maximum atomic E-state index is 5.45. The van der Waals surface area contributed by atoms with E-state index in [9.17, 15) is 0 Å². The third-order valence-electron chi connectivity index (χ3n) is 10.2. The molecule has 2 aliphatic rings. The van der Waals surface area contributed by atoms with Gasteiger partial charge in [0, 0.05) is 60.7 Å².